The van der Waals surface area contributed by atoms with Crippen molar-refractivity contribution in [3.63, 3.8) is 0 Å². The summed E-state index contributed by atoms with van der Waals surface area (Å²) in [5.41, 5.74) is 2.66. The number of benzene rings is 3. The van der Waals surface area contributed by atoms with E-state index in [9.17, 15) is 9.59 Å². The number of carbonyl (C=O) groups excluding carboxylic acids is 2. The quantitative estimate of drug-likeness (QED) is 0.585. The summed E-state index contributed by atoms with van der Waals surface area (Å²) in [4.78, 5) is 24.9. The van der Waals surface area contributed by atoms with E-state index in [1.807, 2.05) is 91.0 Å². The highest BCUT2D eigenvalue weighted by atomic mass is 16.6. The van der Waals surface area contributed by atoms with Gasteiger partial charge in [-0.3, -0.25) is 0 Å². The van der Waals surface area contributed by atoms with Crippen LogP contribution in [0.25, 0.3) is 0 Å². The molecule has 1 N–H and O–H groups in total. The van der Waals surface area contributed by atoms with Gasteiger partial charge in [0.1, 0.15) is 19.3 Å². The summed E-state index contributed by atoms with van der Waals surface area (Å²) < 4.78 is 10.7. The number of amides is 1. The Hall–Kier alpha value is -3.60. The van der Waals surface area contributed by atoms with Crippen LogP contribution in [-0.2, 0) is 33.9 Å². The number of hydrogen-bond donors (Lipinski definition) is 1. The predicted octanol–water partition coefficient (Wildman–Crippen LogP) is 4.27. The maximum absolute atomic E-state index is 12.6. The molecule has 3 aromatic carbocycles. The van der Waals surface area contributed by atoms with Gasteiger partial charge in [0.25, 0.3) is 0 Å². The summed E-state index contributed by atoms with van der Waals surface area (Å²) >= 11 is 0. The van der Waals surface area contributed by atoms with Crippen LogP contribution in [0.4, 0.5) is 4.79 Å². The molecule has 0 fully saturated rings. The number of nitrogens with one attached hydrogen (secondary N) is 1. The molecule has 0 bridgehead atoms. The second-order valence-corrected chi connectivity index (χ2v) is 6.54. The van der Waals surface area contributed by atoms with Gasteiger partial charge in [-0.2, -0.15) is 0 Å². The first-order valence-electron chi connectivity index (χ1n) is 9.42. The van der Waals surface area contributed by atoms with Crippen molar-refractivity contribution < 1.29 is 19.1 Å². The molecule has 1 unspecified atom stereocenters. The summed E-state index contributed by atoms with van der Waals surface area (Å²) in [6, 6.07) is 27.4. The maximum Gasteiger partial charge on any atom is 0.408 e. The van der Waals surface area contributed by atoms with E-state index >= 15 is 0 Å². The maximum atomic E-state index is 12.6. The Bertz CT molecular complexity index is 898. The van der Waals surface area contributed by atoms with Crippen LogP contribution in [0.3, 0.4) is 0 Å². The lowest BCUT2D eigenvalue weighted by atomic mass is 10.1. The molecular weight excluding hydrogens is 366 g/mol. The van der Waals surface area contributed by atoms with Gasteiger partial charge in [0.2, 0.25) is 0 Å². The molecule has 0 aliphatic rings. The standard InChI is InChI=1S/C24H23NO4/c26-23(28-17-20-12-6-2-7-13-20)22(16-19-10-4-1-5-11-19)25-24(27)29-18-21-14-8-3-9-15-21/h1-15,22H,16-18H2,(H,25,27). The van der Waals surface area contributed by atoms with Crippen LogP contribution in [0.1, 0.15) is 16.7 Å². The van der Waals surface area contributed by atoms with E-state index in [4.69, 9.17) is 9.47 Å². The molecule has 0 heterocycles. The van der Waals surface area contributed by atoms with Crippen LogP contribution in [0.2, 0.25) is 0 Å². The average Bonchev–Trinajstić information content (AvgIpc) is 2.78. The van der Waals surface area contributed by atoms with Gasteiger partial charge >= 0.3 is 12.1 Å². The number of ether oxygens (including phenoxy) is 2. The fourth-order valence-electron chi connectivity index (χ4n) is 2.78. The molecule has 0 saturated heterocycles. The van der Waals surface area contributed by atoms with Crippen LogP contribution in [0.5, 0.6) is 0 Å². The van der Waals surface area contributed by atoms with E-state index in [-0.39, 0.29) is 13.2 Å². The lowest BCUT2D eigenvalue weighted by Crippen LogP contribution is -2.43. The summed E-state index contributed by atoms with van der Waals surface area (Å²) in [6.45, 7) is 0.273. The zero-order chi connectivity index (χ0) is 20.3. The second-order valence-electron chi connectivity index (χ2n) is 6.54. The van der Waals surface area contributed by atoms with Crippen LogP contribution in [-0.4, -0.2) is 18.1 Å². The van der Waals surface area contributed by atoms with Crippen molar-refractivity contribution >= 4 is 12.1 Å². The minimum absolute atomic E-state index is 0.129. The average molecular weight is 389 g/mol. The predicted molar refractivity (Wildman–Crippen MR) is 110 cm³/mol. The molecule has 0 radical (unpaired) electrons. The molecule has 0 saturated carbocycles. The Morgan fingerprint density at radius 2 is 1.10 bits per heavy atom. The molecular formula is C24H23NO4. The third-order valence-corrected chi connectivity index (χ3v) is 4.30. The largest absolute Gasteiger partial charge is 0.459 e. The van der Waals surface area contributed by atoms with Crippen molar-refractivity contribution in [2.24, 2.45) is 0 Å². The summed E-state index contributed by atoms with van der Waals surface area (Å²) in [6.07, 6.45) is -0.346. The molecule has 0 spiro atoms. The number of alkyl carbamates (subject to hydrolysis) is 1. The van der Waals surface area contributed by atoms with E-state index < -0.39 is 18.1 Å². The van der Waals surface area contributed by atoms with Crippen LogP contribution >= 0.6 is 0 Å². The molecule has 5 nitrogen and oxygen atoms in total. The lowest BCUT2D eigenvalue weighted by molar-refractivity contribution is -0.147. The fraction of sp³-hybridized carbons (Fsp3) is 0.167. The first-order chi connectivity index (χ1) is 14.2. The molecule has 1 atom stereocenters. The Kier molecular flexibility index (Phi) is 7.41. The van der Waals surface area contributed by atoms with Crippen LogP contribution in [0, 0.1) is 0 Å². The SMILES string of the molecule is O=C(NC(Cc1ccccc1)C(=O)OCc1ccccc1)OCc1ccccc1. The molecule has 148 valence electrons. The second kappa shape index (κ2) is 10.7. The van der Waals surface area contributed by atoms with Gasteiger partial charge in [-0.1, -0.05) is 91.0 Å². The van der Waals surface area contributed by atoms with Crippen LogP contribution in [0.15, 0.2) is 91.0 Å². The molecule has 3 aromatic rings. The number of carbonyl (C=O) groups is 2. The first-order valence-corrected chi connectivity index (χ1v) is 9.42. The third-order valence-electron chi connectivity index (χ3n) is 4.30. The molecule has 0 aliphatic carbocycles. The van der Waals surface area contributed by atoms with E-state index in [2.05, 4.69) is 5.32 Å². The van der Waals surface area contributed by atoms with Gasteiger partial charge < -0.3 is 14.8 Å². The minimum atomic E-state index is -0.843. The highest BCUT2D eigenvalue weighted by Crippen LogP contribution is 2.08. The molecule has 5 heteroatoms. The van der Waals surface area contributed by atoms with Crippen molar-refractivity contribution in [1.29, 1.82) is 0 Å². The number of hydrogen-bond acceptors (Lipinski definition) is 4. The Morgan fingerprint density at radius 3 is 1.62 bits per heavy atom. The summed E-state index contributed by atoms with van der Waals surface area (Å²) in [7, 11) is 0. The van der Waals surface area contributed by atoms with Gasteiger partial charge in [0, 0.05) is 6.42 Å². The van der Waals surface area contributed by atoms with Crippen molar-refractivity contribution in [1.82, 2.24) is 5.32 Å². The van der Waals surface area contributed by atoms with Crippen molar-refractivity contribution in [3.05, 3.63) is 108 Å². The zero-order valence-electron chi connectivity index (χ0n) is 16.0. The lowest BCUT2D eigenvalue weighted by Gasteiger charge is -2.18. The molecule has 29 heavy (non-hydrogen) atoms. The van der Waals surface area contributed by atoms with E-state index in [1.54, 1.807) is 0 Å². The Labute approximate surface area is 170 Å². The first kappa shape index (κ1) is 20.1. The highest BCUT2D eigenvalue weighted by molar-refractivity contribution is 5.81. The van der Waals surface area contributed by atoms with Gasteiger partial charge in [-0.15, -0.1) is 0 Å². The van der Waals surface area contributed by atoms with E-state index in [0.29, 0.717) is 6.42 Å². The van der Waals surface area contributed by atoms with E-state index in [1.165, 1.54) is 0 Å². The topological polar surface area (TPSA) is 64.6 Å². The number of rotatable bonds is 8. The Balaban J connectivity index is 1.60. The highest BCUT2D eigenvalue weighted by Gasteiger charge is 2.23. The summed E-state index contributed by atoms with van der Waals surface area (Å²) in [5.74, 6) is -0.505. The fourth-order valence-corrected chi connectivity index (χ4v) is 2.78. The van der Waals surface area contributed by atoms with Crippen LogP contribution < -0.4 is 5.32 Å². The monoisotopic (exact) mass is 389 g/mol. The smallest absolute Gasteiger partial charge is 0.408 e. The molecule has 3 rings (SSSR count). The number of esters is 1. The minimum Gasteiger partial charge on any atom is -0.459 e. The summed E-state index contributed by atoms with van der Waals surface area (Å²) in [5, 5.41) is 2.64. The van der Waals surface area contributed by atoms with Gasteiger partial charge in [0.15, 0.2) is 0 Å². The molecule has 0 aromatic heterocycles. The van der Waals surface area contributed by atoms with Crippen molar-refractivity contribution in [3.8, 4) is 0 Å². The van der Waals surface area contributed by atoms with E-state index in [0.717, 1.165) is 16.7 Å². The Morgan fingerprint density at radius 1 is 0.655 bits per heavy atom. The third kappa shape index (κ3) is 6.81. The molecule has 1 amide bonds. The van der Waals surface area contributed by atoms with Crippen molar-refractivity contribution in [2.75, 3.05) is 0 Å². The van der Waals surface area contributed by atoms with Gasteiger partial charge in [0.05, 0.1) is 0 Å². The van der Waals surface area contributed by atoms with Crippen molar-refractivity contribution in [2.45, 2.75) is 25.7 Å². The van der Waals surface area contributed by atoms with Gasteiger partial charge in [-0.05, 0) is 16.7 Å². The molecule has 0 aliphatic heterocycles. The zero-order valence-corrected chi connectivity index (χ0v) is 16.0. The normalized spacial score (nSPS) is 11.3. The van der Waals surface area contributed by atoms with Gasteiger partial charge in [-0.25, -0.2) is 9.59 Å².